The minimum absolute atomic E-state index is 0.567. The summed E-state index contributed by atoms with van der Waals surface area (Å²) in [6.07, 6.45) is 1.31. The molecule has 0 N–H and O–H groups in total. The lowest BCUT2D eigenvalue weighted by atomic mass is 10.1. The molecule has 0 spiro atoms. The molecule has 1 atom stereocenters. The Labute approximate surface area is 70.2 Å². The van der Waals surface area contributed by atoms with Gasteiger partial charge in [0.1, 0.15) is 12.5 Å². The third-order valence-electron chi connectivity index (χ3n) is 2.31. The van der Waals surface area contributed by atoms with Crippen molar-refractivity contribution in [2.75, 3.05) is 0 Å². The number of halogens is 1. The SMILES string of the molecule is O=Cc1ccc2c(c1)CCC2F. The zero-order chi connectivity index (χ0) is 8.55. The third kappa shape index (κ3) is 1.04. The lowest BCUT2D eigenvalue weighted by Crippen LogP contribution is -1.87. The smallest absolute Gasteiger partial charge is 0.150 e. The Kier molecular flexibility index (Phi) is 1.68. The molecule has 62 valence electrons. The topological polar surface area (TPSA) is 17.1 Å². The van der Waals surface area contributed by atoms with Crippen LogP contribution in [-0.2, 0) is 6.42 Å². The Hall–Kier alpha value is -1.18. The van der Waals surface area contributed by atoms with E-state index in [9.17, 15) is 9.18 Å². The number of hydrogen-bond acceptors (Lipinski definition) is 1. The molecular weight excluding hydrogens is 155 g/mol. The summed E-state index contributed by atoms with van der Waals surface area (Å²) in [5.41, 5.74) is 2.40. The highest BCUT2D eigenvalue weighted by Gasteiger charge is 2.21. The van der Waals surface area contributed by atoms with E-state index in [-0.39, 0.29) is 0 Å². The van der Waals surface area contributed by atoms with Gasteiger partial charge in [-0.1, -0.05) is 12.1 Å². The molecule has 1 aliphatic rings. The number of alkyl halides is 1. The summed E-state index contributed by atoms with van der Waals surface area (Å²) in [5, 5.41) is 0. The molecule has 0 saturated heterocycles. The molecule has 0 saturated carbocycles. The first-order valence-electron chi connectivity index (χ1n) is 4.03. The second kappa shape index (κ2) is 2.70. The molecule has 1 nitrogen and oxygen atoms in total. The zero-order valence-corrected chi connectivity index (χ0v) is 6.59. The Balaban J connectivity index is 2.48. The van der Waals surface area contributed by atoms with E-state index in [1.807, 2.05) is 0 Å². The number of rotatable bonds is 1. The molecule has 0 aromatic heterocycles. The molecule has 2 rings (SSSR count). The molecule has 2 heteroatoms. The second-order valence-electron chi connectivity index (χ2n) is 3.08. The van der Waals surface area contributed by atoms with Crippen LogP contribution < -0.4 is 0 Å². The van der Waals surface area contributed by atoms with Crippen LogP contribution in [0.2, 0.25) is 0 Å². The fraction of sp³-hybridized carbons (Fsp3) is 0.300. The summed E-state index contributed by atoms with van der Waals surface area (Å²) in [5.74, 6) is 0. The normalized spacial score (nSPS) is 20.6. The van der Waals surface area contributed by atoms with Crippen molar-refractivity contribution in [2.24, 2.45) is 0 Å². The summed E-state index contributed by atoms with van der Waals surface area (Å²) in [6.45, 7) is 0. The van der Waals surface area contributed by atoms with Crippen LogP contribution >= 0.6 is 0 Å². The van der Waals surface area contributed by atoms with Gasteiger partial charge >= 0.3 is 0 Å². The number of aryl methyl sites for hydroxylation is 1. The van der Waals surface area contributed by atoms with Gasteiger partial charge < -0.3 is 0 Å². The van der Waals surface area contributed by atoms with Crippen molar-refractivity contribution in [3.63, 3.8) is 0 Å². The van der Waals surface area contributed by atoms with Crippen LogP contribution in [0, 0.1) is 0 Å². The number of aldehydes is 1. The maximum atomic E-state index is 13.1. The van der Waals surface area contributed by atoms with Crippen molar-refractivity contribution in [3.05, 3.63) is 34.9 Å². The fourth-order valence-electron chi connectivity index (χ4n) is 1.66. The maximum Gasteiger partial charge on any atom is 0.150 e. The van der Waals surface area contributed by atoms with Crippen LogP contribution in [-0.4, -0.2) is 6.29 Å². The lowest BCUT2D eigenvalue weighted by Gasteiger charge is -2.00. The fourth-order valence-corrected chi connectivity index (χ4v) is 1.66. The largest absolute Gasteiger partial charge is 0.298 e. The molecule has 0 fully saturated rings. The van der Waals surface area contributed by atoms with E-state index < -0.39 is 6.17 Å². The van der Waals surface area contributed by atoms with Crippen molar-refractivity contribution in [1.82, 2.24) is 0 Å². The number of benzene rings is 1. The number of fused-ring (bicyclic) bond motifs is 1. The van der Waals surface area contributed by atoms with Gasteiger partial charge in [-0.15, -0.1) is 0 Å². The van der Waals surface area contributed by atoms with E-state index >= 15 is 0 Å². The van der Waals surface area contributed by atoms with Crippen molar-refractivity contribution >= 4 is 6.29 Å². The van der Waals surface area contributed by atoms with Crippen LogP contribution in [0.3, 0.4) is 0 Å². The number of carbonyl (C=O) groups is 1. The van der Waals surface area contributed by atoms with Gasteiger partial charge in [-0.25, -0.2) is 4.39 Å². The molecule has 0 heterocycles. The molecule has 1 unspecified atom stereocenters. The molecule has 0 amide bonds. The van der Waals surface area contributed by atoms with Gasteiger partial charge in [0.25, 0.3) is 0 Å². The van der Waals surface area contributed by atoms with E-state index in [1.54, 1.807) is 18.2 Å². The van der Waals surface area contributed by atoms with Crippen LogP contribution in [0.15, 0.2) is 18.2 Å². The van der Waals surface area contributed by atoms with Crippen LogP contribution in [0.25, 0.3) is 0 Å². The van der Waals surface area contributed by atoms with Gasteiger partial charge in [0, 0.05) is 5.56 Å². The molecule has 1 aromatic carbocycles. The first kappa shape index (κ1) is 7.47. The average Bonchev–Trinajstić information content (AvgIpc) is 2.47. The monoisotopic (exact) mass is 164 g/mol. The predicted molar refractivity (Wildman–Crippen MR) is 44.0 cm³/mol. The van der Waals surface area contributed by atoms with Crippen molar-refractivity contribution in [1.29, 1.82) is 0 Å². The molecular formula is C10H9FO. The Morgan fingerprint density at radius 2 is 2.33 bits per heavy atom. The quantitative estimate of drug-likeness (QED) is 0.582. The van der Waals surface area contributed by atoms with Crippen LogP contribution in [0.1, 0.15) is 34.1 Å². The maximum absolute atomic E-state index is 13.1. The minimum Gasteiger partial charge on any atom is -0.298 e. The van der Waals surface area contributed by atoms with E-state index in [4.69, 9.17) is 0 Å². The average molecular weight is 164 g/mol. The van der Waals surface area contributed by atoms with Gasteiger partial charge in [-0.3, -0.25) is 4.79 Å². The summed E-state index contributed by atoms with van der Waals surface area (Å²) in [4.78, 5) is 10.4. The highest BCUT2D eigenvalue weighted by molar-refractivity contribution is 5.75. The summed E-state index contributed by atoms with van der Waals surface area (Å²) in [6, 6.07) is 5.17. The molecule has 0 bridgehead atoms. The Bertz CT molecular complexity index is 320. The standard InChI is InChI=1S/C10H9FO/c11-10-4-2-8-5-7(6-12)1-3-9(8)10/h1,3,5-6,10H,2,4H2. The molecule has 1 aromatic rings. The molecule has 0 aliphatic heterocycles. The van der Waals surface area contributed by atoms with Crippen molar-refractivity contribution < 1.29 is 9.18 Å². The van der Waals surface area contributed by atoms with Gasteiger partial charge in [-0.05, 0) is 30.0 Å². The number of carbonyl (C=O) groups excluding carboxylic acids is 1. The van der Waals surface area contributed by atoms with Crippen LogP contribution in [0.4, 0.5) is 4.39 Å². The Morgan fingerprint density at radius 1 is 1.50 bits per heavy atom. The zero-order valence-electron chi connectivity index (χ0n) is 6.59. The van der Waals surface area contributed by atoms with E-state index in [0.717, 1.165) is 23.8 Å². The number of hydrogen-bond donors (Lipinski definition) is 0. The summed E-state index contributed by atoms with van der Waals surface area (Å²) < 4.78 is 13.1. The van der Waals surface area contributed by atoms with Gasteiger partial charge in [0.2, 0.25) is 0 Å². The van der Waals surface area contributed by atoms with E-state index in [0.29, 0.717) is 12.0 Å². The highest BCUT2D eigenvalue weighted by atomic mass is 19.1. The molecule has 1 aliphatic carbocycles. The van der Waals surface area contributed by atoms with E-state index in [2.05, 4.69) is 0 Å². The first-order chi connectivity index (χ1) is 5.81. The van der Waals surface area contributed by atoms with Gasteiger partial charge in [0.15, 0.2) is 0 Å². The van der Waals surface area contributed by atoms with E-state index in [1.165, 1.54) is 0 Å². The summed E-state index contributed by atoms with van der Waals surface area (Å²) >= 11 is 0. The molecule has 12 heavy (non-hydrogen) atoms. The van der Waals surface area contributed by atoms with Gasteiger partial charge in [0.05, 0.1) is 0 Å². The van der Waals surface area contributed by atoms with Crippen LogP contribution in [0.5, 0.6) is 0 Å². The second-order valence-corrected chi connectivity index (χ2v) is 3.08. The van der Waals surface area contributed by atoms with Gasteiger partial charge in [-0.2, -0.15) is 0 Å². The highest BCUT2D eigenvalue weighted by Crippen LogP contribution is 2.33. The minimum atomic E-state index is -0.819. The Morgan fingerprint density at radius 3 is 3.08 bits per heavy atom. The summed E-state index contributed by atoms with van der Waals surface area (Å²) in [7, 11) is 0. The first-order valence-corrected chi connectivity index (χ1v) is 4.03. The lowest BCUT2D eigenvalue weighted by molar-refractivity contribution is 0.112. The van der Waals surface area contributed by atoms with Crippen molar-refractivity contribution in [3.8, 4) is 0 Å². The van der Waals surface area contributed by atoms with Crippen molar-refractivity contribution in [2.45, 2.75) is 19.0 Å². The third-order valence-corrected chi connectivity index (χ3v) is 2.31. The molecule has 0 radical (unpaired) electrons. The predicted octanol–water partition coefficient (Wildman–Crippen LogP) is 2.46.